The van der Waals surface area contributed by atoms with Crippen LogP contribution in [0.3, 0.4) is 0 Å². The molecule has 1 heterocycles. The number of hydrogen-bond acceptors (Lipinski definition) is 2. The lowest BCUT2D eigenvalue weighted by atomic mass is 10.2. The molecular formula is C14H21FN2. The van der Waals surface area contributed by atoms with Crippen molar-refractivity contribution in [1.29, 1.82) is 0 Å². The SMILES string of the molecule is CCCCNc1ccc(N2CCCC2)c(F)c1. The lowest BCUT2D eigenvalue weighted by Crippen LogP contribution is -2.19. The number of nitrogens with zero attached hydrogens (tertiary/aromatic N) is 1. The molecule has 0 unspecified atom stereocenters. The van der Waals surface area contributed by atoms with Gasteiger partial charge < -0.3 is 10.2 Å². The second-order valence-corrected chi connectivity index (χ2v) is 4.64. The van der Waals surface area contributed by atoms with Crippen molar-refractivity contribution in [3.8, 4) is 0 Å². The van der Waals surface area contributed by atoms with Crippen LogP contribution in [0.2, 0.25) is 0 Å². The Kier molecular flexibility index (Phi) is 4.24. The monoisotopic (exact) mass is 236 g/mol. The minimum atomic E-state index is -0.103. The molecule has 0 aliphatic carbocycles. The summed E-state index contributed by atoms with van der Waals surface area (Å²) in [7, 11) is 0. The zero-order valence-corrected chi connectivity index (χ0v) is 10.5. The molecule has 0 radical (unpaired) electrons. The predicted octanol–water partition coefficient (Wildman–Crippen LogP) is 3.64. The average Bonchev–Trinajstić information content (AvgIpc) is 2.83. The van der Waals surface area contributed by atoms with E-state index in [1.807, 2.05) is 12.1 Å². The minimum Gasteiger partial charge on any atom is -0.385 e. The number of nitrogens with one attached hydrogen (secondary N) is 1. The third-order valence-electron chi connectivity index (χ3n) is 3.25. The standard InChI is InChI=1S/C14H21FN2/c1-2-3-8-16-12-6-7-14(13(15)11-12)17-9-4-5-10-17/h6-7,11,16H,2-5,8-10H2,1H3. The first kappa shape index (κ1) is 12.2. The molecule has 0 atom stereocenters. The van der Waals surface area contributed by atoms with Crippen LogP contribution in [0.25, 0.3) is 0 Å². The zero-order chi connectivity index (χ0) is 12.1. The van der Waals surface area contributed by atoms with Gasteiger partial charge in [0.2, 0.25) is 0 Å². The van der Waals surface area contributed by atoms with E-state index in [0.29, 0.717) is 0 Å². The largest absolute Gasteiger partial charge is 0.385 e. The molecule has 1 aromatic rings. The number of benzene rings is 1. The molecule has 1 fully saturated rings. The number of halogens is 1. The first-order chi connectivity index (χ1) is 8.31. The van der Waals surface area contributed by atoms with E-state index in [0.717, 1.165) is 43.9 Å². The lowest BCUT2D eigenvalue weighted by molar-refractivity contribution is 0.623. The second kappa shape index (κ2) is 5.89. The molecule has 1 aliphatic rings. The van der Waals surface area contributed by atoms with E-state index in [4.69, 9.17) is 0 Å². The quantitative estimate of drug-likeness (QED) is 0.785. The maximum atomic E-state index is 13.9. The molecule has 94 valence electrons. The summed E-state index contributed by atoms with van der Waals surface area (Å²) in [5, 5.41) is 3.25. The second-order valence-electron chi connectivity index (χ2n) is 4.64. The van der Waals surface area contributed by atoms with E-state index in [-0.39, 0.29) is 5.82 Å². The summed E-state index contributed by atoms with van der Waals surface area (Å²) in [5.74, 6) is -0.103. The van der Waals surface area contributed by atoms with Crippen molar-refractivity contribution in [2.75, 3.05) is 29.9 Å². The van der Waals surface area contributed by atoms with Crippen molar-refractivity contribution in [3.63, 3.8) is 0 Å². The third-order valence-corrected chi connectivity index (χ3v) is 3.25. The Hall–Kier alpha value is -1.25. The molecule has 0 spiro atoms. The van der Waals surface area contributed by atoms with Crippen LogP contribution in [0.1, 0.15) is 32.6 Å². The van der Waals surface area contributed by atoms with Gasteiger partial charge in [-0.3, -0.25) is 0 Å². The summed E-state index contributed by atoms with van der Waals surface area (Å²) in [6.07, 6.45) is 4.63. The van der Waals surface area contributed by atoms with Gasteiger partial charge in [0, 0.05) is 25.3 Å². The van der Waals surface area contributed by atoms with Gasteiger partial charge in [-0.05, 0) is 37.5 Å². The molecule has 1 saturated heterocycles. The topological polar surface area (TPSA) is 15.3 Å². The zero-order valence-electron chi connectivity index (χ0n) is 10.5. The molecular weight excluding hydrogens is 215 g/mol. The molecule has 0 bridgehead atoms. The summed E-state index contributed by atoms with van der Waals surface area (Å²) in [5.41, 5.74) is 1.64. The van der Waals surface area contributed by atoms with Crippen LogP contribution in [0.15, 0.2) is 18.2 Å². The molecule has 17 heavy (non-hydrogen) atoms. The van der Waals surface area contributed by atoms with Gasteiger partial charge in [-0.2, -0.15) is 0 Å². The Bertz CT molecular complexity index is 359. The number of unbranched alkanes of at least 4 members (excludes halogenated alkanes) is 1. The van der Waals surface area contributed by atoms with Crippen LogP contribution in [0.5, 0.6) is 0 Å². The van der Waals surface area contributed by atoms with Gasteiger partial charge in [-0.1, -0.05) is 13.3 Å². The van der Waals surface area contributed by atoms with Crippen LogP contribution in [0.4, 0.5) is 15.8 Å². The molecule has 0 amide bonds. The molecule has 1 aliphatic heterocycles. The normalized spacial score (nSPS) is 15.3. The van der Waals surface area contributed by atoms with E-state index in [2.05, 4.69) is 17.1 Å². The van der Waals surface area contributed by atoms with Crippen molar-refractivity contribution < 1.29 is 4.39 Å². The Morgan fingerprint density at radius 2 is 2.06 bits per heavy atom. The van der Waals surface area contributed by atoms with Gasteiger partial charge in [0.05, 0.1) is 5.69 Å². The van der Waals surface area contributed by atoms with Gasteiger partial charge in [-0.15, -0.1) is 0 Å². The van der Waals surface area contributed by atoms with Gasteiger partial charge in [0.25, 0.3) is 0 Å². The van der Waals surface area contributed by atoms with Crippen molar-refractivity contribution in [2.45, 2.75) is 32.6 Å². The van der Waals surface area contributed by atoms with E-state index >= 15 is 0 Å². The highest BCUT2D eigenvalue weighted by molar-refractivity contribution is 5.56. The third kappa shape index (κ3) is 3.11. The summed E-state index contributed by atoms with van der Waals surface area (Å²) in [4.78, 5) is 2.13. The summed E-state index contributed by atoms with van der Waals surface area (Å²) >= 11 is 0. The molecule has 0 aromatic heterocycles. The highest BCUT2D eigenvalue weighted by Crippen LogP contribution is 2.25. The van der Waals surface area contributed by atoms with E-state index in [1.54, 1.807) is 6.07 Å². The van der Waals surface area contributed by atoms with Crippen molar-refractivity contribution in [1.82, 2.24) is 0 Å². The molecule has 3 heteroatoms. The van der Waals surface area contributed by atoms with Crippen LogP contribution in [-0.4, -0.2) is 19.6 Å². The van der Waals surface area contributed by atoms with Crippen molar-refractivity contribution in [3.05, 3.63) is 24.0 Å². The van der Waals surface area contributed by atoms with E-state index < -0.39 is 0 Å². The number of rotatable bonds is 5. The fourth-order valence-electron chi connectivity index (χ4n) is 2.24. The van der Waals surface area contributed by atoms with Gasteiger partial charge in [-0.25, -0.2) is 4.39 Å². The predicted molar refractivity (Wildman–Crippen MR) is 71.2 cm³/mol. The van der Waals surface area contributed by atoms with Crippen molar-refractivity contribution >= 4 is 11.4 Å². The fraction of sp³-hybridized carbons (Fsp3) is 0.571. The number of hydrogen-bond donors (Lipinski definition) is 1. The van der Waals surface area contributed by atoms with Gasteiger partial charge in [0.15, 0.2) is 0 Å². The first-order valence-electron chi connectivity index (χ1n) is 6.59. The van der Waals surface area contributed by atoms with Crippen LogP contribution in [0, 0.1) is 5.82 Å². The lowest BCUT2D eigenvalue weighted by Gasteiger charge is -2.19. The molecule has 2 rings (SSSR count). The van der Waals surface area contributed by atoms with Crippen molar-refractivity contribution in [2.24, 2.45) is 0 Å². The molecule has 2 nitrogen and oxygen atoms in total. The van der Waals surface area contributed by atoms with Crippen LogP contribution < -0.4 is 10.2 Å². The molecule has 0 saturated carbocycles. The summed E-state index contributed by atoms with van der Waals surface area (Å²) in [6, 6.07) is 5.49. The Labute approximate surface area is 103 Å². The van der Waals surface area contributed by atoms with Crippen LogP contribution in [-0.2, 0) is 0 Å². The molecule has 1 N–H and O–H groups in total. The average molecular weight is 236 g/mol. The van der Waals surface area contributed by atoms with Crippen LogP contribution >= 0.6 is 0 Å². The first-order valence-corrected chi connectivity index (χ1v) is 6.59. The van der Waals surface area contributed by atoms with Gasteiger partial charge >= 0.3 is 0 Å². The smallest absolute Gasteiger partial charge is 0.148 e. The summed E-state index contributed by atoms with van der Waals surface area (Å²) in [6.45, 7) is 5.04. The minimum absolute atomic E-state index is 0.103. The Balaban J connectivity index is 2.00. The summed E-state index contributed by atoms with van der Waals surface area (Å²) < 4.78 is 13.9. The maximum Gasteiger partial charge on any atom is 0.148 e. The number of anilines is 2. The van der Waals surface area contributed by atoms with E-state index in [9.17, 15) is 4.39 Å². The molecule has 1 aromatic carbocycles. The maximum absolute atomic E-state index is 13.9. The van der Waals surface area contributed by atoms with E-state index in [1.165, 1.54) is 12.8 Å². The van der Waals surface area contributed by atoms with Gasteiger partial charge in [0.1, 0.15) is 5.82 Å². The highest BCUT2D eigenvalue weighted by Gasteiger charge is 2.15. The Morgan fingerprint density at radius 1 is 1.29 bits per heavy atom. The fourth-order valence-corrected chi connectivity index (χ4v) is 2.24. The highest BCUT2D eigenvalue weighted by atomic mass is 19.1. The Morgan fingerprint density at radius 3 is 2.71 bits per heavy atom.